The van der Waals surface area contributed by atoms with Gasteiger partial charge in [-0.05, 0) is 44.9 Å². The van der Waals surface area contributed by atoms with E-state index in [1.54, 1.807) is 6.08 Å². The average Bonchev–Trinajstić information content (AvgIpc) is 3.05. The number of likely N-dealkylation sites (N-methyl/N-ethyl adjacent to an activating group) is 1. The molecule has 5 N–H and O–H groups in total. The first kappa shape index (κ1) is 48.9. The molecule has 0 aliphatic rings. The lowest BCUT2D eigenvalue weighted by molar-refractivity contribution is -0.870. The fourth-order valence-corrected chi connectivity index (χ4v) is 6.21. The number of carbonyl (C=O) groups is 1. The Balaban J connectivity index is 4.63. The third-order valence-electron chi connectivity index (χ3n) is 8.87. The highest BCUT2D eigenvalue weighted by Crippen LogP contribution is 2.43. The average molecular weight is 734 g/mol. The maximum Gasteiger partial charge on any atom is 0.472 e. The van der Waals surface area contributed by atoms with Gasteiger partial charge in [0.05, 0.1) is 52.1 Å². The summed E-state index contributed by atoms with van der Waals surface area (Å²) in [6.07, 6.45) is 26.9. The second-order valence-electron chi connectivity index (χ2n) is 15.0. The Morgan fingerprint density at radius 3 is 1.90 bits per heavy atom. The molecule has 11 heteroatoms. The van der Waals surface area contributed by atoms with E-state index in [9.17, 15) is 29.6 Å². The van der Waals surface area contributed by atoms with E-state index in [2.05, 4.69) is 25.2 Å². The van der Waals surface area contributed by atoms with Gasteiger partial charge in [-0.1, -0.05) is 128 Å². The number of aliphatic hydroxyl groups is 3. The van der Waals surface area contributed by atoms with Crippen LogP contribution in [0.1, 0.15) is 155 Å². The second kappa shape index (κ2) is 31.4. The maximum atomic E-state index is 12.8. The van der Waals surface area contributed by atoms with Crippen molar-refractivity contribution in [2.45, 2.75) is 179 Å². The third kappa shape index (κ3) is 31.6. The summed E-state index contributed by atoms with van der Waals surface area (Å²) in [6.45, 7) is 4.58. The zero-order valence-corrected chi connectivity index (χ0v) is 33.5. The summed E-state index contributed by atoms with van der Waals surface area (Å²) in [6, 6.07) is -0.900. The van der Waals surface area contributed by atoms with Gasteiger partial charge in [0, 0.05) is 6.42 Å². The van der Waals surface area contributed by atoms with E-state index >= 15 is 0 Å². The highest BCUT2D eigenvalue weighted by Gasteiger charge is 2.27. The number of hydrogen-bond donors (Lipinski definition) is 5. The number of phosphoric acid groups is 1. The number of aliphatic hydroxyl groups excluding tert-OH is 3. The van der Waals surface area contributed by atoms with Gasteiger partial charge >= 0.3 is 7.82 Å². The molecule has 0 spiro atoms. The quantitative estimate of drug-likeness (QED) is 0.0190. The van der Waals surface area contributed by atoms with E-state index in [-0.39, 0.29) is 25.5 Å². The first-order chi connectivity index (χ1) is 23.8. The van der Waals surface area contributed by atoms with Gasteiger partial charge in [0.1, 0.15) is 13.2 Å². The van der Waals surface area contributed by atoms with Crippen LogP contribution in [0.2, 0.25) is 0 Å². The van der Waals surface area contributed by atoms with Crippen molar-refractivity contribution in [2.75, 3.05) is 40.9 Å². The van der Waals surface area contributed by atoms with Crippen LogP contribution >= 0.6 is 7.82 Å². The predicted octanol–water partition coefficient (Wildman–Crippen LogP) is 8.13. The topological polar surface area (TPSA) is 146 Å². The molecule has 0 saturated carbocycles. The monoisotopic (exact) mass is 734 g/mol. The highest BCUT2D eigenvalue weighted by molar-refractivity contribution is 7.47. The Bertz CT molecular complexity index is 911. The molecule has 10 nitrogen and oxygen atoms in total. The van der Waals surface area contributed by atoms with Crippen molar-refractivity contribution in [3.05, 3.63) is 24.3 Å². The van der Waals surface area contributed by atoms with E-state index in [4.69, 9.17) is 9.05 Å². The highest BCUT2D eigenvalue weighted by atomic mass is 31.2. The zero-order chi connectivity index (χ0) is 37.5. The van der Waals surface area contributed by atoms with Gasteiger partial charge in [-0.15, -0.1) is 0 Å². The van der Waals surface area contributed by atoms with Crippen molar-refractivity contribution in [1.29, 1.82) is 0 Å². The maximum absolute atomic E-state index is 12.8. The Hall–Kier alpha value is -1.10. The molecule has 1 amide bonds. The SMILES string of the molecule is CCCCC/C=C\C[C@H](O)[C@@H](O)CCCCCCCC(=O)N[C@@H](COP(=O)(O)OCC[N+](C)(C)C)[C@H](O)/C=C/CCCCCCCCCCC. The first-order valence-electron chi connectivity index (χ1n) is 19.9. The van der Waals surface area contributed by atoms with Gasteiger partial charge < -0.3 is 30.0 Å². The van der Waals surface area contributed by atoms with Crippen LogP contribution in [0.15, 0.2) is 24.3 Å². The summed E-state index contributed by atoms with van der Waals surface area (Å²) in [7, 11) is 1.47. The second-order valence-corrected chi connectivity index (χ2v) is 16.4. The molecule has 50 heavy (non-hydrogen) atoms. The van der Waals surface area contributed by atoms with Crippen molar-refractivity contribution in [3.8, 4) is 0 Å². The molecule has 0 aromatic carbocycles. The minimum atomic E-state index is -4.37. The lowest BCUT2D eigenvalue weighted by atomic mass is 10.0. The van der Waals surface area contributed by atoms with Gasteiger partial charge in [0.15, 0.2) is 0 Å². The van der Waals surface area contributed by atoms with E-state index in [0.29, 0.717) is 30.3 Å². The fourth-order valence-electron chi connectivity index (χ4n) is 5.47. The molecule has 0 radical (unpaired) electrons. The molecule has 0 aromatic heterocycles. The molecule has 0 aliphatic heterocycles. The van der Waals surface area contributed by atoms with Crippen LogP contribution in [0.4, 0.5) is 0 Å². The van der Waals surface area contributed by atoms with Crippen LogP contribution in [-0.4, -0.2) is 95.9 Å². The number of allylic oxidation sites excluding steroid dienone is 2. The van der Waals surface area contributed by atoms with Crippen LogP contribution in [-0.2, 0) is 18.4 Å². The molecule has 0 aromatic rings. The van der Waals surface area contributed by atoms with Gasteiger partial charge in [0.2, 0.25) is 5.91 Å². The molecule has 0 rings (SSSR count). The molecule has 5 atom stereocenters. The number of hydrogen-bond acceptors (Lipinski definition) is 7. The molecule has 296 valence electrons. The standard InChI is InChI=1S/C39H77N2O8P/c1-6-8-10-12-14-15-16-17-18-21-24-28-36(42)35(34-49-50(46,47)48-33-32-41(3,4)5)40-39(45)31-27-23-19-22-26-30-38(44)37(43)29-25-20-13-11-9-7-2/h20,24-25,28,35-38,42-44H,6-19,21-23,26-27,29-34H2,1-5H3,(H-,40,45,46,47)/p+1/b25-20-,28-24+/t35-,36+,37-,38-/m0/s1. The van der Waals surface area contributed by atoms with Gasteiger partial charge in [-0.25, -0.2) is 4.57 Å². The fraction of sp³-hybridized carbons (Fsp3) is 0.872. The van der Waals surface area contributed by atoms with Crippen LogP contribution in [0.25, 0.3) is 0 Å². The number of rotatable bonds is 35. The molecular formula is C39H78N2O8P+. The third-order valence-corrected chi connectivity index (χ3v) is 9.85. The number of amides is 1. The Morgan fingerprint density at radius 1 is 0.720 bits per heavy atom. The normalized spacial score (nSPS) is 16.1. The van der Waals surface area contributed by atoms with Crippen molar-refractivity contribution < 1.29 is 43.1 Å². The van der Waals surface area contributed by atoms with Crippen molar-refractivity contribution in [3.63, 3.8) is 0 Å². The van der Waals surface area contributed by atoms with E-state index < -0.39 is 32.2 Å². The number of carbonyl (C=O) groups excluding carboxylic acids is 1. The van der Waals surface area contributed by atoms with Crippen molar-refractivity contribution in [2.24, 2.45) is 0 Å². The minimum Gasteiger partial charge on any atom is -0.390 e. The number of unbranched alkanes of at least 4 members (excludes halogenated alkanes) is 16. The number of quaternary nitrogens is 1. The van der Waals surface area contributed by atoms with Crippen LogP contribution in [0.3, 0.4) is 0 Å². The molecule has 1 unspecified atom stereocenters. The molecule has 0 saturated heterocycles. The molecular weight excluding hydrogens is 655 g/mol. The number of nitrogens with one attached hydrogen (secondary N) is 1. The molecule has 0 heterocycles. The van der Waals surface area contributed by atoms with Crippen molar-refractivity contribution in [1.82, 2.24) is 5.32 Å². The van der Waals surface area contributed by atoms with Gasteiger partial charge in [-0.3, -0.25) is 13.8 Å². The Kier molecular flexibility index (Phi) is 30.7. The molecule has 0 fully saturated rings. The smallest absolute Gasteiger partial charge is 0.390 e. The van der Waals surface area contributed by atoms with Crippen molar-refractivity contribution >= 4 is 13.7 Å². The van der Waals surface area contributed by atoms with Crippen LogP contribution < -0.4 is 5.32 Å². The largest absolute Gasteiger partial charge is 0.472 e. The first-order valence-corrected chi connectivity index (χ1v) is 21.4. The molecule has 0 bridgehead atoms. The predicted molar refractivity (Wildman–Crippen MR) is 206 cm³/mol. The van der Waals surface area contributed by atoms with Crippen LogP contribution in [0.5, 0.6) is 0 Å². The number of nitrogens with zero attached hydrogens (tertiary/aromatic N) is 1. The summed E-state index contributed by atoms with van der Waals surface area (Å²) in [5.74, 6) is -0.259. The Morgan fingerprint density at radius 2 is 1.26 bits per heavy atom. The van der Waals surface area contributed by atoms with Gasteiger partial charge in [-0.2, -0.15) is 0 Å². The summed E-state index contributed by atoms with van der Waals surface area (Å²) < 4.78 is 23.4. The lowest BCUT2D eigenvalue weighted by Crippen LogP contribution is -2.45. The van der Waals surface area contributed by atoms with E-state index in [1.165, 1.54) is 57.8 Å². The lowest BCUT2D eigenvalue weighted by Gasteiger charge is -2.25. The van der Waals surface area contributed by atoms with Crippen LogP contribution in [0, 0.1) is 0 Å². The summed E-state index contributed by atoms with van der Waals surface area (Å²) in [4.78, 5) is 23.0. The van der Waals surface area contributed by atoms with Gasteiger partial charge in [0.25, 0.3) is 0 Å². The van der Waals surface area contributed by atoms with E-state index in [1.807, 2.05) is 33.3 Å². The summed E-state index contributed by atoms with van der Waals surface area (Å²) in [5, 5.41) is 34.1. The zero-order valence-electron chi connectivity index (χ0n) is 32.6. The minimum absolute atomic E-state index is 0.0333. The summed E-state index contributed by atoms with van der Waals surface area (Å²) >= 11 is 0. The molecule has 0 aliphatic carbocycles. The summed E-state index contributed by atoms with van der Waals surface area (Å²) in [5.41, 5.74) is 0. The number of phosphoric ester groups is 1. The Labute approximate surface area is 306 Å². The van der Waals surface area contributed by atoms with E-state index in [0.717, 1.165) is 57.8 Å².